The van der Waals surface area contributed by atoms with Crippen LogP contribution in [0.4, 0.5) is 0 Å². The number of piperidine rings is 1. The highest BCUT2D eigenvalue weighted by molar-refractivity contribution is 5.83. The summed E-state index contributed by atoms with van der Waals surface area (Å²) in [5, 5.41) is 3.66. The number of carbonyl (C=O) groups excluding carboxylic acids is 1. The zero-order chi connectivity index (χ0) is 7.53. The molecule has 1 heterocycles. The first kappa shape index (κ1) is 6.18. The van der Waals surface area contributed by atoms with Gasteiger partial charge >= 0.3 is 0 Å². The van der Waals surface area contributed by atoms with Crippen molar-refractivity contribution in [2.75, 3.05) is 0 Å². The fraction of sp³-hybridized carbons (Fsp3) is 0.889. The number of rotatable bonds is 0. The molecule has 0 aromatic heterocycles. The van der Waals surface area contributed by atoms with E-state index in [2.05, 4.69) is 5.32 Å². The van der Waals surface area contributed by atoms with Crippen LogP contribution in [0.25, 0.3) is 0 Å². The van der Waals surface area contributed by atoms with E-state index in [0.29, 0.717) is 16.9 Å². The van der Waals surface area contributed by atoms with Crippen LogP contribution >= 0.6 is 0 Å². The van der Waals surface area contributed by atoms with E-state index in [1.807, 2.05) is 0 Å². The van der Waals surface area contributed by atoms with Gasteiger partial charge < -0.3 is 5.32 Å². The largest absolute Gasteiger partial charge is 0.305 e. The molecule has 0 amide bonds. The van der Waals surface area contributed by atoms with Crippen LogP contribution in [0.1, 0.15) is 38.5 Å². The van der Waals surface area contributed by atoms with Crippen LogP contribution in [-0.4, -0.2) is 16.9 Å². The lowest BCUT2D eigenvalue weighted by atomic mass is 9.94. The third-order valence-corrected chi connectivity index (χ3v) is 3.31. The minimum Gasteiger partial charge on any atom is -0.305 e. The summed E-state index contributed by atoms with van der Waals surface area (Å²) in [4.78, 5) is 11.3. The Balaban J connectivity index is 1.87. The Morgan fingerprint density at radius 2 is 1.45 bits per heavy atom. The summed E-state index contributed by atoms with van der Waals surface area (Å²) in [7, 11) is 0. The quantitative estimate of drug-likeness (QED) is 0.559. The normalized spacial score (nSPS) is 36.2. The van der Waals surface area contributed by atoms with E-state index in [1.54, 1.807) is 0 Å². The molecule has 2 heteroatoms. The Morgan fingerprint density at radius 1 is 1.00 bits per heavy atom. The number of hydrogen-bond donors (Lipinski definition) is 1. The topological polar surface area (TPSA) is 29.1 Å². The zero-order valence-electron chi connectivity index (χ0n) is 6.65. The predicted octanol–water partition coefficient (Wildman–Crippen LogP) is 1.00. The van der Waals surface area contributed by atoms with Crippen LogP contribution in [0.3, 0.4) is 0 Å². The minimum absolute atomic E-state index is 0.297. The van der Waals surface area contributed by atoms with Gasteiger partial charge in [0.1, 0.15) is 5.78 Å². The van der Waals surface area contributed by atoms with E-state index in [0.717, 1.165) is 12.8 Å². The Kier molecular flexibility index (Phi) is 0.861. The summed E-state index contributed by atoms with van der Waals surface area (Å²) >= 11 is 0. The lowest BCUT2D eigenvalue weighted by Gasteiger charge is -2.30. The van der Waals surface area contributed by atoms with Crippen molar-refractivity contribution in [1.29, 1.82) is 0 Å². The molecule has 3 rings (SSSR count). The average Bonchev–Trinajstić information content (AvgIpc) is 2.76. The second-order valence-corrected chi connectivity index (χ2v) is 4.58. The predicted molar refractivity (Wildman–Crippen MR) is 41.3 cm³/mol. The molecule has 60 valence electrons. The highest BCUT2D eigenvalue weighted by Crippen LogP contribution is 2.52. The lowest BCUT2D eigenvalue weighted by molar-refractivity contribution is -0.122. The molecule has 2 nitrogen and oxygen atoms in total. The maximum atomic E-state index is 11.3. The van der Waals surface area contributed by atoms with Crippen molar-refractivity contribution in [2.45, 2.75) is 49.6 Å². The molecule has 2 saturated carbocycles. The lowest BCUT2D eigenvalue weighted by Crippen LogP contribution is -2.49. The fourth-order valence-corrected chi connectivity index (χ4v) is 2.37. The van der Waals surface area contributed by atoms with Gasteiger partial charge in [-0.1, -0.05) is 0 Å². The minimum atomic E-state index is 0.297. The monoisotopic (exact) mass is 151 g/mol. The van der Waals surface area contributed by atoms with Crippen molar-refractivity contribution in [2.24, 2.45) is 0 Å². The number of carbonyl (C=O) groups is 1. The molecule has 0 aromatic carbocycles. The average molecular weight is 151 g/mol. The highest BCUT2D eigenvalue weighted by Gasteiger charge is 2.58. The first-order valence-corrected chi connectivity index (χ1v) is 4.53. The third kappa shape index (κ3) is 0.853. The third-order valence-electron chi connectivity index (χ3n) is 3.31. The van der Waals surface area contributed by atoms with Crippen LogP contribution in [-0.2, 0) is 4.79 Å². The maximum Gasteiger partial charge on any atom is 0.136 e. The molecule has 3 aliphatic rings. The van der Waals surface area contributed by atoms with Crippen LogP contribution in [0.15, 0.2) is 0 Å². The standard InChI is InChI=1S/C9H13NO/c11-7-5-8(1-2-8)10-9(6-7)3-4-9/h10H,1-6H2. The maximum absolute atomic E-state index is 11.3. The van der Waals surface area contributed by atoms with E-state index >= 15 is 0 Å². The molecule has 0 atom stereocenters. The molecule has 0 radical (unpaired) electrons. The molecule has 11 heavy (non-hydrogen) atoms. The summed E-state index contributed by atoms with van der Waals surface area (Å²) in [5.74, 6) is 0.499. The van der Waals surface area contributed by atoms with E-state index in [1.165, 1.54) is 25.7 Å². The Hall–Kier alpha value is -0.370. The van der Waals surface area contributed by atoms with Gasteiger partial charge in [0.25, 0.3) is 0 Å². The summed E-state index contributed by atoms with van der Waals surface area (Å²) in [6, 6.07) is 0. The van der Waals surface area contributed by atoms with Crippen molar-refractivity contribution in [1.82, 2.24) is 5.32 Å². The number of hydrogen-bond acceptors (Lipinski definition) is 2. The van der Waals surface area contributed by atoms with Crippen LogP contribution in [0.5, 0.6) is 0 Å². The Morgan fingerprint density at radius 3 is 1.82 bits per heavy atom. The molecule has 1 saturated heterocycles. The molecular formula is C9H13NO. The van der Waals surface area contributed by atoms with Gasteiger partial charge in [0, 0.05) is 23.9 Å². The second-order valence-electron chi connectivity index (χ2n) is 4.58. The van der Waals surface area contributed by atoms with E-state index in [4.69, 9.17) is 0 Å². The number of Topliss-reactive ketones (excluding diaryl/α,β-unsaturated/α-hetero) is 1. The zero-order valence-corrected chi connectivity index (χ0v) is 6.65. The summed E-state index contributed by atoms with van der Waals surface area (Å²) in [5.41, 5.74) is 0.595. The molecule has 0 bridgehead atoms. The summed E-state index contributed by atoms with van der Waals surface area (Å²) in [6.07, 6.45) is 6.57. The molecule has 0 unspecified atom stereocenters. The van der Waals surface area contributed by atoms with Gasteiger partial charge in [0.05, 0.1) is 0 Å². The van der Waals surface area contributed by atoms with Gasteiger partial charge in [-0.3, -0.25) is 4.79 Å². The van der Waals surface area contributed by atoms with Gasteiger partial charge in [-0.25, -0.2) is 0 Å². The molecule has 0 aromatic rings. The first-order valence-electron chi connectivity index (χ1n) is 4.53. The molecule has 1 N–H and O–H groups in total. The number of nitrogens with one attached hydrogen (secondary N) is 1. The Labute approximate surface area is 66.4 Å². The van der Waals surface area contributed by atoms with E-state index in [9.17, 15) is 4.79 Å². The first-order chi connectivity index (χ1) is 5.22. The van der Waals surface area contributed by atoms with E-state index < -0.39 is 0 Å². The van der Waals surface area contributed by atoms with Gasteiger partial charge in [0.15, 0.2) is 0 Å². The van der Waals surface area contributed by atoms with Crippen LogP contribution in [0.2, 0.25) is 0 Å². The second kappa shape index (κ2) is 1.53. The van der Waals surface area contributed by atoms with Crippen molar-refractivity contribution in [3.8, 4) is 0 Å². The van der Waals surface area contributed by atoms with E-state index in [-0.39, 0.29) is 0 Å². The smallest absolute Gasteiger partial charge is 0.136 e. The molecule has 2 aliphatic carbocycles. The van der Waals surface area contributed by atoms with Crippen molar-refractivity contribution < 1.29 is 4.79 Å². The molecular weight excluding hydrogens is 138 g/mol. The van der Waals surface area contributed by atoms with Gasteiger partial charge in [-0.15, -0.1) is 0 Å². The molecule has 2 spiro atoms. The van der Waals surface area contributed by atoms with Crippen molar-refractivity contribution in [3.63, 3.8) is 0 Å². The Bertz CT molecular complexity index is 204. The van der Waals surface area contributed by atoms with Crippen LogP contribution < -0.4 is 5.32 Å². The van der Waals surface area contributed by atoms with Gasteiger partial charge in [-0.2, -0.15) is 0 Å². The summed E-state index contributed by atoms with van der Waals surface area (Å²) in [6.45, 7) is 0. The summed E-state index contributed by atoms with van der Waals surface area (Å²) < 4.78 is 0. The molecule has 1 aliphatic heterocycles. The molecule has 3 fully saturated rings. The van der Waals surface area contributed by atoms with Gasteiger partial charge in [-0.05, 0) is 25.7 Å². The SMILES string of the molecule is O=C1CC2(CC2)NC2(CC2)C1. The highest BCUT2D eigenvalue weighted by atomic mass is 16.1. The van der Waals surface area contributed by atoms with Crippen LogP contribution in [0, 0.1) is 0 Å². The number of ketones is 1. The van der Waals surface area contributed by atoms with Gasteiger partial charge in [0.2, 0.25) is 0 Å². The van der Waals surface area contributed by atoms with Crippen molar-refractivity contribution >= 4 is 5.78 Å². The van der Waals surface area contributed by atoms with Crippen molar-refractivity contribution in [3.05, 3.63) is 0 Å². The fourth-order valence-electron chi connectivity index (χ4n) is 2.37.